The summed E-state index contributed by atoms with van der Waals surface area (Å²) in [5, 5.41) is 9.38. The standard InChI is InChI=1S/C19H23Cl2N7O2/c1-26-4-6-27(7-5-26)9-12-10-28(25-24-12)11-13-16(21)14(20)8-15-17(13)23-19(30-3)18(22-15)29-2/h8,10H,4-7,9,11H2,1-3H3. The Bertz CT molecular complexity index is 1050. The molecule has 0 amide bonds. The first kappa shape index (κ1) is 21.0. The second-order valence-corrected chi connectivity index (χ2v) is 8.03. The van der Waals surface area contributed by atoms with E-state index >= 15 is 0 Å². The third kappa shape index (κ3) is 4.29. The average molecular weight is 452 g/mol. The number of fused-ring (bicyclic) bond motifs is 1. The molecule has 2 aromatic heterocycles. The van der Waals surface area contributed by atoms with Gasteiger partial charge in [0.1, 0.15) is 0 Å². The van der Waals surface area contributed by atoms with Gasteiger partial charge in [-0.25, -0.2) is 14.6 Å². The van der Waals surface area contributed by atoms with Crippen LogP contribution in [0, 0.1) is 0 Å². The molecule has 30 heavy (non-hydrogen) atoms. The van der Waals surface area contributed by atoms with Gasteiger partial charge in [0, 0.05) is 38.3 Å². The second-order valence-electron chi connectivity index (χ2n) is 7.25. The molecule has 0 aliphatic carbocycles. The Morgan fingerprint density at radius 1 is 1.00 bits per heavy atom. The number of piperazine rings is 1. The Hall–Kier alpha value is -2.20. The summed E-state index contributed by atoms with van der Waals surface area (Å²) in [5.74, 6) is 0.559. The highest BCUT2D eigenvalue weighted by Gasteiger charge is 2.19. The highest BCUT2D eigenvalue weighted by Crippen LogP contribution is 2.35. The second kappa shape index (κ2) is 8.89. The number of methoxy groups -OCH3 is 2. The van der Waals surface area contributed by atoms with Gasteiger partial charge in [-0.2, -0.15) is 0 Å². The van der Waals surface area contributed by atoms with E-state index in [1.807, 2.05) is 6.20 Å². The Morgan fingerprint density at radius 3 is 2.40 bits per heavy atom. The first-order chi connectivity index (χ1) is 14.5. The molecule has 0 bridgehead atoms. The molecular weight excluding hydrogens is 429 g/mol. The van der Waals surface area contributed by atoms with E-state index in [9.17, 15) is 0 Å². The molecule has 0 spiro atoms. The molecule has 1 aromatic carbocycles. The lowest BCUT2D eigenvalue weighted by Crippen LogP contribution is -2.43. The summed E-state index contributed by atoms with van der Waals surface area (Å²) in [4.78, 5) is 13.7. The van der Waals surface area contributed by atoms with Crippen molar-refractivity contribution < 1.29 is 9.47 Å². The quantitative estimate of drug-likeness (QED) is 0.564. The van der Waals surface area contributed by atoms with E-state index in [4.69, 9.17) is 32.7 Å². The monoisotopic (exact) mass is 451 g/mol. The van der Waals surface area contributed by atoms with E-state index in [0.29, 0.717) is 33.2 Å². The normalized spacial score (nSPS) is 15.6. The lowest BCUT2D eigenvalue weighted by molar-refractivity contribution is 0.147. The Kier molecular flexibility index (Phi) is 6.24. The highest BCUT2D eigenvalue weighted by atomic mass is 35.5. The minimum Gasteiger partial charge on any atom is -0.477 e. The first-order valence-electron chi connectivity index (χ1n) is 9.55. The van der Waals surface area contributed by atoms with Crippen LogP contribution in [0.5, 0.6) is 11.8 Å². The Labute approximate surface area is 184 Å². The van der Waals surface area contributed by atoms with Crippen LogP contribution in [0.15, 0.2) is 12.3 Å². The van der Waals surface area contributed by atoms with Crippen molar-refractivity contribution in [2.45, 2.75) is 13.1 Å². The fourth-order valence-electron chi connectivity index (χ4n) is 3.47. The SMILES string of the molecule is COc1nc2cc(Cl)c(Cl)c(Cn3cc(CN4CCN(C)CC4)nn3)c2nc1OC. The molecule has 0 radical (unpaired) electrons. The minimum atomic E-state index is 0.277. The lowest BCUT2D eigenvalue weighted by Gasteiger charge is -2.31. The molecule has 1 saturated heterocycles. The fourth-order valence-corrected chi connectivity index (χ4v) is 3.89. The van der Waals surface area contributed by atoms with Crippen LogP contribution in [0.1, 0.15) is 11.3 Å². The molecule has 3 aromatic rings. The lowest BCUT2D eigenvalue weighted by atomic mass is 10.1. The van der Waals surface area contributed by atoms with Crippen LogP contribution in [-0.4, -0.2) is 82.2 Å². The molecular formula is C19H23Cl2N7O2. The highest BCUT2D eigenvalue weighted by molar-refractivity contribution is 6.43. The molecule has 4 rings (SSSR count). The molecule has 0 saturated carbocycles. The Morgan fingerprint density at radius 2 is 1.70 bits per heavy atom. The van der Waals surface area contributed by atoms with Crippen molar-refractivity contribution in [3.05, 3.63) is 33.6 Å². The number of nitrogens with zero attached hydrogens (tertiary/aromatic N) is 7. The van der Waals surface area contributed by atoms with Gasteiger partial charge in [0.2, 0.25) is 0 Å². The van der Waals surface area contributed by atoms with Crippen molar-refractivity contribution >= 4 is 34.2 Å². The zero-order valence-electron chi connectivity index (χ0n) is 17.1. The van der Waals surface area contributed by atoms with Crippen LogP contribution in [-0.2, 0) is 13.1 Å². The van der Waals surface area contributed by atoms with Crippen LogP contribution >= 0.6 is 23.2 Å². The van der Waals surface area contributed by atoms with Gasteiger partial charge in [0.15, 0.2) is 0 Å². The summed E-state index contributed by atoms with van der Waals surface area (Å²) < 4.78 is 12.3. The molecule has 160 valence electrons. The Balaban J connectivity index is 1.62. The predicted molar refractivity (Wildman–Crippen MR) is 115 cm³/mol. The van der Waals surface area contributed by atoms with Crippen molar-refractivity contribution in [3.8, 4) is 11.8 Å². The number of ether oxygens (including phenoxy) is 2. The molecule has 0 unspecified atom stereocenters. The molecule has 3 heterocycles. The summed E-state index contributed by atoms with van der Waals surface area (Å²) in [6.45, 7) is 5.28. The topological polar surface area (TPSA) is 81.4 Å². The van der Waals surface area contributed by atoms with Gasteiger partial charge in [-0.05, 0) is 13.1 Å². The zero-order chi connectivity index (χ0) is 21.3. The van der Waals surface area contributed by atoms with Crippen LogP contribution in [0.25, 0.3) is 11.0 Å². The van der Waals surface area contributed by atoms with Crippen molar-refractivity contribution in [3.63, 3.8) is 0 Å². The van der Waals surface area contributed by atoms with Crippen molar-refractivity contribution in [2.75, 3.05) is 47.4 Å². The van der Waals surface area contributed by atoms with Crippen molar-refractivity contribution in [1.82, 2.24) is 34.8 Å². The number of halogens is 2. The van der Waals surface area contributed by atoms with E-state index in [2.05, 4.69) is 37.1 Å². The number of benzene rings is 1. The smallest absolute Gasteiger partial charge is 0.278 e. The van der Waals surface area contributed by atoms with Crippen LogP contribution in [0.2, 0.25) is 10.0 Å². The minimum absolute atomic E-state index is 0.277. The summed E-state index contributed by atoms with van der Waals surface area (Å²) >= 11 is 12.9. The molecule has 1 fully saturated rings. The van der Waals surface area contributed by atoms with E-state index in [-0.39, 0.29) is 11.8 Å². The van der Waals surface area contributed by atoms with Crippen molar-refractivity contribution in [2.24, 2.45) is 0 Å². The molecule has 0 N–H and O–H groups in total. The van der Waals surface area contributed by atoms with E-state index in [0.717, 1.165) is 38.4 Å². The predicted octanol–water partition coefficient (Wildman–Crippen LogP) is 2.34. The van der Waals surface area contributed by atoms with E-state index in [1.54, 1.807) is 10.7 Å². The van der Waals surface area contributed by atoms with Gasteiger partial charge < -0.3 is 14.4 Å². The summed E-state index contributed by atoms with van der Waals surface area (Å²) in [6.07, 6.45) is 1.93. The zero-order valence-corrected chi connectivity index (χ0v) is 18.6. The van der Waals surface area contributed by atoms with Gasteiger partial charge in [-0.3, -0.25) is 4.90 Å². The van der Waals surface area contributed by atoms with Crippen molar-refractivity contribution in [1.29, 1.82) is 0 Å². The van der Waals surface area contributed by atoms with Gasteiger partial charge in [-0.15, -0.1) is 5.10 Å². The molecule has 11 heteroatoms. The maximum Gasteiger partial charge on any atom is 0.278 e. The van der Waals surface area contributed by atoms with Crippen LogP contribution in [0.3, 0.4) is 0 Å². The van der Waals surface area contributed by atoms with Gasteiger partial charge in [0.05, 0.1) is 53.7 Å². The number of hydrogen-bond donors (Lipinski definition) is 0. The van der Waals surface area contributed by atoms with Gasteiger partial charge in [0.25, 0.3) is 11.8 Å². The summed E-state index contributed by atoms with van der Waals surface area (Å²) in [5.41, 5.74) is 2.75. The largest absolute Gasteiger partial charge is 0.477 e. The van der Waals surface area contributed by atoms with Gasteiger partial charge >= 0.3 is 0 Å². The molecule has 0 atom stereocenters. The average Bonchev–Trinajstić information content (AvgIpc) is 3.19. The third-order valence-electron chi connectivity index (χ3n) is 5.16. The number of likely N-dealkylation sites (N-methyl/N-ethyl adjacent to an activating group) is 1. The first-order valence-corrected chi connectivity index (χ1v) is 10.3. The third-order valence-corrected chi connectivity index (χ3v) is 5.99. The molecule has 1 aliphatic heterocycles. The van der Waals surface area contributed by atoms with E-state index in [1.165, 1.54) is 14.2 Å². The summed E-state index contributed by atoms with van der Waals surface area (Å²) in [6, 6.07) is 1.66. The van der Waals surface area contributed by atoms with Crippen LogP contribution in [0.4, 0.5) is 0 Å². The fraction of sp³-hybridized carbons (Fsp3) is 0.474. The maximum absolute atomic E-state index is 6.52. The number of rotatable bonds is 6. The maximum atomic E-state index is 6.52. The van der Waals surface area contributed by atoms with Crippen LogP contribution < -0.4 is 9.47 Å². The summed E-state index contributed by atoms with van der Waals surface area (Å²) in [7, 11) is 5.16. The molecule has 9 nitrogen and oxygen atoms in total. The van der Waals surface area contributed by atoms with E-state index < -0.39 is 0 Å². The molecule has 1 aliphatic rings. The number of aromatic nitrogens is 5. The number of hydrogen-bond acceptors (Lipinski definition) is 8. The van der Waals surface area contributed by atoms with Gasteiger partial charge in [-0.1, -0.05) is 28.4 Å².